The topological polar surface area (TPSA) is 57.1 Å². The molecular formula is C21H29FIN3O2. The molecule has 0 bridgehead atoms. The van der Waals surface area contributed by atoms with Crippen molar-refractivity contribution in [2.45, 2.75) is 33.5 Å². The van der Waals surface area contributed by atoms with Gasteiger partial charge in [0.1, 0.15) is 11.6 Å². The Labute approximate surface area is 183 Å². The van der Waals surface area contributed by atoms with Gasteiger partial charge in [0.2, 0.25) is 0 Å². The van der Waals surface area contributed by atoms with Crippen molar-refractivity contribution in [1.82, 2.24) is 10.2 Å². The second kappa shape index (κ2) is 12.6. The summed E-state index contributed by atoms with van der Waals surface area (Å²) in [6.45, 7) is 6.16. The zero-order valence-corrected chi connectivity index (χ0v) is 18.9. The Kier molecular flexibility index (Phi) is 10.8. The highest BCUT2D eigenvalue weighted by molar-refractivity contribution is 14.0. The predicted molar refractivity (Wildman–Crippen MR) is 122 cm³/mol. The van der Waals surface area contributed by atoms with E-state index in [0.29, 0.717) is 19.7 Å². The monoisotopic (exact) mass is 501 g/mol. The zero-order valence-electron chi connectivity index (χ0n) is 16.6. The maximum Gasteiger partial charge on any atom is 0.194 e. The van der Waals surface area contributed by atoms with E-state index in [2.05, 4.69) is 10.3 Å². The van der Waals surface area contributed by atoms with Crippen molar-refractivity contribution in [3.05, 3.63) is 65.0 Å². The Morgan fingerprint density at radius 1 is 1.14 bits per heavy atom. The summed E-state index contributed by atoms with van der Waals surface area (Å²) in [5.41, 5.74) is 2.29. The third kappa shape index (κ3) is 7.27. The Balaban J connectivity index is 0.00000392. The van der Waals surface area contributed by atoms with Crippen LogP contribution < -0.4 is 10.1 Å². The van der Waals surface area contributed by atoms with E-state index in [1.807, 2.05) is 50.1 Å². The van der Waals surface area contributed by atoms with Crippen molar-refractivity contribution in [1.29, 1.82) is 0 Å². The van der Waals surface area contributed by atoms with Gasteiger partial charge >= 0.3 is 0 Å². The Morgan fingerprint density at radius 3 is 2.43 bits per heavy atom. The molecule has 0 saturated carbocycles. The molecule has 2 aromatic carbocycles. The number of benzene rings is 2. The Bertz CT molecular complexity index is 754. The van der Waals surface area contributed by atoms with Crippen LogP contribution in [0.3, 0.4) is 0 Å². The number of guanidine groups is 1. The molecule has 0 aliphatic heterocycles. The van der Waals surface area contributed by atoms with Gasteiger partial charge in [-0.2, -0.15) is 0 Å². The van der Waals surface area contributed by atoms with Gasteiger partial charge < -0.3 is 20.1 Å². The van der Waals surface area contributed by atoms with Gasteiger partial charge in [0, 0.05) is 25.7 Å². The molecule has 0 atom stereocenters. The van der Waals surface area contributed by atoms with Crippen molar-refractivity contribution < 1.29 is 14.2 Å². The molecule has 0 spiro atoms. The van der Waals surface area contributed by atoms with Crippen molar-refractivity contribution in [3.8, 4) is 5.75 Å². The van der Waals surface area contributed by atoms with E-state index in [9.17, 15) is 9.50 Å². The second-order valence-electron chi connectivity index (χ2n) is 6.19. The molecule has 2 aromatic rings. The molecule has 0 heterocycles. The van der Waals surface area contributed by atoms with Gasteiger partial charge in [0.05, 0.1) is 19.8 Å². The summed E-state index contributed by atoms with van der Waals surface area (Å²) < 4.78 is 19.0. The molecular weight excluding hydrogens is 472 g/mol. The molecule has 154 valence electrons. The standard InChI is InChI=1S/C21H28FN3O2.HI/c1-4-23-21(24-13-17-8-11-20(22)18(12-17)15-26)25(3)14-16-6-9-19(10-7-16)27-5-2;/h6-12,26H,4-5,13-15H2,1-3H3,(H,23,24);1H. The van der Waals surface area contributed by atoms with Crippen molar-refractivity contribution in [3.63, 3.8) is 0 Å². The average molecular weight is 501 g/mol. The van der Waals surface area contributed by atoms with Gasteiger partial charge in [-0.25, -0.2) is 9.38 Å². The number of aliphatic imine (C=N–C) groups is 1. The molecule has 2 N–H and O–H groups in total. The summed E-state index contributed by atoms with van der Waals surface area (Å²) in [6, 6.07) is 12.7. The number of ether oxygens (including phenoxy) is 1. The molecule has 0 aliphatic rings. The SMILES string of the molecule is CCNC(=NCc1ccc(F)c(CO)c1)N(C)Cc1ccc(OCC)cc1.I. The predicted octanol–water partition coefficient (Wildman–Crippen LogP) is 3.93. The lowest BCUT2D eigenvalue weighted by molar-refractivity contribution is 0.275. The zero-order chi connectivity index (χ0) is 19.6. The second-order valence-corrected chi connectivity index (χ2v) is 6.19. The van der Waals surface area contributed by atoms with Crippen LogP contribution in [-0.2, 0) is 19.7 Å². The molecule has 0 aromatic heterocycles. The third-order valence-corrected chi connectivity index (χ3v) is 4.04. The van der Waals surface area contributed by atoms with E-state index in [1.165, 1.54) is 6.07 Å². The van der Waals surface area contributed by atoms with E-state index < -0.39 is 5.82 Å². The largest absolute Gasteiger partial charge is 0.494 e. The van der Waals surface area contributed by atoms with Crippen LogP contribution in [0.4, 0.5) is 4.39 Å². The first-order valence-corrected chi connectivity index (χ1v) is 9.16. The lowest BCUT2D eigenvalue weighted by atomic mass is 10.1. The van der Waals surface area contributed by atoms with Crippen molar-refractivity contribution in [2.24, 2.45) is 4.99 Å². The summed E-state index contributed by atoms with van der Waals surface area (Å²) in [4.78, 5) is 6.67. The van der Waals surface area contributed by atoms with Gasteiger partial charge in [0.25, 0.3) is 0 Å². The maximum absolute atomic E-state index is 13.5. The van der Waals surface area contributed by atoms with E-state index in [0.717, 1.165) is 29.4 Å². The van der Waals surface area contributed by atoms with Gasteiger partial charge in [-0.05, 0) is 49.2 Å². The highest BCUT2D eigenvalue weighted by Gasteiger charge is 2.08. The lowest BCUT2D eigenvalue weighted by Gasteiger charge is -2.22. The fourth-order valence-electron chi connectivity index (χ4n) is 2.69. The quantitative estimate of drug-likeness (QED) is 0.327. The summed E-state index contributed by atoms with van der Waals surface area (Å²) in [7, 11) is 1.97. The van der Waals surface area contributed by atoms with Crippen LogP contribution in [-0.4, -0.2) is 36.2 Å². The van der Waals surface area contributed by atoms with Crippen LogP contribution in [0.1, 0.15) is 30.5 Å². The number of rotatable bonds is 8. The number of halogens is 2. The molecule has 0 amide bonds. The molecule has 0 saturated heterocycles. The molecule has 0 aliphatic carbocycles. The van der Waals surface area contributed by atoms with Crippen LogP contribution in [0, 0.1) is 5.82 Å². The minimum absolute atomic E-state index is 0. The van der Waals surface area contributed by atoms with Crippen molar-refractivity contribution in [2.75, 3.05) is 20.2 Å². The van der Waals surface area contributed by atoms with E-state index >= 15 is 0 Å². The summed E-state index contributed by atoms with van der Waals surface area (Å²) in [5.74, 6) is 1.23. The van der Waals surface area contributed by atoms with E-state index in [4.69, 9.17) is 4.74 Å². The first kappa shape index (κ1) is 24.2. The first-order valence-electron chi connectivity index (χ1n) is 9.16. The molecule has 5 nitrogen and oxygen atoms in total. The number of aliphatic hydroxyl groups excluding tert-OH is 1. The van der Waals surface area contributed by atoms with Crippen LogP contribution in [0.25, 0.3) is 0 Å². The lowest BCUT2D eigenvalue weighted by Crippen LogP contribution is -2.38. The van der Waals surface area contributed by atoms with Crippen LogP contribution >= 0.6 is 24.0 Å². The number of nitrogens with zero attached hydrogens (tertiary/aromatic N) is 2. The summed E-state index contributed by atoms with van der Waals surface area (Å²) in [5, 5.41) is 12.5. The highest BCUT2D eigenvalue weighted by Crippen LogP contribution is 2.14. The fourth-order valence-corrected chi connectivity index (χ4v) is 2.69. The maximum atomic E-state index is 13.5. The van der Waals surface area contributed by atoms with Crippen LogP contribution in [0.5, 0.6) is 5.75 Å². The summed E-state index contributed by atoms with van der Waals surface area (Å²) >= 11 is 0. The fraction of sp³-hybridized carbons (Fsp3) is 0.381. The molecule has 0 radical (unpaired) electrons. The molecule has 7 heteroatoms. The number of hydrogen-bond acceptors (Lipinski definition) is 3. The smallest absolute Gasteiger partial charge is 0.194 e. The average Bonchev–Trinajstić information content (AvgIpc) is 2.67. The van der Waals surface area contributed by atoms with Gasteiger partial charge in [-0.15, -0.1) is 24.0 Å². The molecule has 0 unspecified atom stereocenters. The van der Waals surface area contributed by atoms with Gasteiger partial charge in [-0.1, -0.05) is 18.2 Å². The van der Waals surface area contributed by atoms with E-state index in [-0.39, 0.29) is 36.1 Å². The summed E-state index contributed by atoms with van der Waals surface area (Å²) in [6.07, 6.45) is 0. The Morgan fingerprint density at radius 2 is 1.82 bits per heavy atom. The third-order valence-electron chi connectivity index (χ3n) is 4.04. The normalized spacial score (nSPS) is 11.0. The van der Waals surface area contributed by atoms with Gasteiger partial charge in [-0.3, -0.25) is 0 Å². The van der Waals surface area contributed by atoms with Gasteiger partial charge in [0.15, 0.2) is 5.96 Å². The highest BCUT2D eigenvalue weighted by atomic mass is 127. The van der Waals surface area contributed by atoms with Crippen molar-refractivity contribution >= 4 is 29.9 Å². The molecule has 0 fully saturated rings. The Hall–Kier alpha value is -1.87. The number of aliphatic hydroxyl groups is 1. The molecule has 2 rings (SSSR count). The minimum atomic E-state index is -0.398. The number of hydrogen-bond donors (Lipinski definition) is 2. The minimum Gasteiger partial charge on any atom is -0.494 e. The van der Waals surface area contributed by atoms with Crippen LogP contribution in [0.2, 0.25) is 0 Å². The van der Waals surface area contributed by atoms with Crippen LogP contribution in [0.15, 0.2) is 47.5 Å². The molecule has 28 heavy (non-hydrogen) atoms. The first-order chi connectivity index (χ1) is 13.1. The number of nitrogens with one attached hydrogen (secondary N) is 1. The van der Waals surface area contributed by atoms with E-state index in [1.54, 1.807) is 12.1 Å².